The van der Waals surface area contributed by atoms with Crippen molar-refractivity contribution in [1.82, 2.24) is 39.0 Å². The molecular formula is C92H62N8. The molecule has 20 rings (SSSR count). The minimum absolute atomic E-state index is 0.182. The maximum Gasteiger partial charge on any atom is 0.164 e. The van der Waals surface area contributed by atoms with E-state index in [4.69, 9.17) is 29.9 Å². The van der Waals surface area contributed by atoms with Crippen LogP contribution >= 0.6 is 0 Å². The summed E-state index contributed by atoms with van der Waals surface area (Å²) in [7, 11) is 0. The van der Waals surface area contributed by atoms with Crippen LogP contribution in [-0.2, 0) is 10.8 Å². The molecule has 0 bridgehead atoms. The van der Waals surface area contributed by atoms with E-state index in [0.717, 1.165) is 88.5 Å². The van der Waals surface area contributed by atoms with Gasteiger partial charge >= 0.3 is 0 Å². The summed E-state index contributed by atoms with van der Waals surface area (Å²) in [6.45, 7) is 9.56. The third-order valence-electron chi connectivity index (χ3n) is 21.3. The van der Waals surface area contributed by atoms with Crippen LogP contribution in [0.5, 0.6) is 0 Å². The normalized spacial score (nSPS) is 13.4. The zero-order valence-electron chi connectivity index (χ0n) is 55.4. The molecule has 100 heavy (non-hydrogen) atoms. The zero-order chi connectivity index (χ0) is 66.5. The molecule has 0 saturated carbocycles. The van der Waals surface area contributed by atoms with Gasteiger partial charge in [0.1, 0.15) is 0 Å². The number of benzene rings is 14. The van der Waals surface area contributed by atoms with Crippen molar-refractivity contribution in [2.75, 3.05) is 0 Å². The summed E-state index contributed by atoms with van der Waals surface area (Å²) in [4.78, 5) is 31.6. The van der Waals surface area contributed by atoms with E-state index in [1.165, 1.54) is 77.1 Å². The van der Waals surface area contributed by atoms with Crippen molar-refractivity contribution in [2.45, 2.75) is 38.5 Å². The average molecular weight is 1280 g/mol. The van der Waals surface area contributed by atoms with Crippen LogP contribution in [0.2, 0.25) is 0 Å². The summed E-state index contributed by atoms with van der Waals surface area (Å²) in [6.07, 6.45) is 0. The number of para-hydroxylation sites is 2. The summed E-state index contributed by atoms with van der Waals surface area (Å²) in [5, 5.41) is 9.39. The molecule has 18 aromatic rings. The average Bonchev–Trinajstić information content (AvgIpc) is 1.54. The smallest absolute Gasteiger partial charge is 0.164 e. The molecule has 0 amide bonds. The molecule has 4 heterocycles. The van der Waals surface area contributed by atoms with E-state index in [1.54, 1.807) is 0 Å². The van der Waals surface area contributed by atoms with E-state index in [1.807, 2.05) is 54.6 Å². The quantitative estimate of drug-likeness (QED) is 0.143. The van der Waals surface area contributed by atoms with Gasteiger partial charge in [-0.3, -0.25) is 0 Å². The van der Waals surface area contributed by atoms with Crippen LogP contribution in [-0.4, -0.2) is 39.0 Å². The Bertz CT molecular complexity index is 6400. The number of rotatable bonds is 9. The molecular weight excluding hydrogens is 1220 g/mol. The second kappa shape index (κ2) is 21.9. The Kier molecular flexibility index (Phi) is 12.6. The maximum absolute atomic E-state index is 5.46. The van der Waals surface area contributed by atoms with Crippen LogP contribution in [0.1, 0.15) is 49.9 Å². The molecule has 14 aromatic carbocycles. The van der Waals surface area contributed by atoms with Crippen molar-refractivity contribution in [3.05, 3.63) is 326 Å². The number of aromatic nitrogens is 8. The monoisotopic (exact) mass is 1280 g/mol. The minimum atomic E-state index is -0.389. The van der Waals surface area contributed by atoms with E-state index in [-0.39, 0.29) is 10.8 Å². The molecule has 0 aliphatic heterocycles. The number of hydrogen-bond acceptors (Lipinski definition) is 6. The molecule has 4 aromatic heterocycles. The third kappa shape index (κ3) is 8.66. The van der Waals surface area contributed by atoms with Gasteiger partial charge in [-0.1, -0.05) is 270 Å². The number of hydrogen-bond donors (Lipinski definition) is 0. The fraction of sp³-hybridized carbons (Fsp3) is 0.0652. The second-order valence-electron chi connectivity index (χ2n) is 27.7. The van der Waals surface area contributed by atoms with Gasteiger partial charge in [0, 0.05) is 76.5 Å². The SMILES string of the molecule is CC1(C)c2cc(-c3cccc(-c4nc(-c5ccccc5)nc(-c5ccc(-n6c7ccccc7c7c8c(ccc76)-c6ccccc6C8(C)C)c6ccccc56)n4)c3)ccc2-c2ccc3c(c21)c1ccccc1n3-c1cc(-c2nc(-c3ccccc3)nc(-c3ccccc3)n2)cc2ccccc12. The Balaban J connectivity index is 0.691. The molecule has 0 atom stereocenters. The molecule has 2 aliphatic carbocycles. The highest BCUT2D eigenvalue weighted by Gasteiger charge is 2.40. The predicted octanol–water partition coefficient (Wildman–Crippen LogP) is 22.8. The Morgan fingerprint density at radius 1 is 0.230 bits per heavy atom. The zero-order valence-corrected chi connectivity index (χ0v) is 55.4. The van der Waals surface area contributed by atoms with E-state index in [2.05, 4.69) is 286 Å². The molecule has 0 saturated heterocycles. The lowest BCUT2D eigenvalue weighted by Gasteiger charge is -2.23. The minimum Gasteiger partial charge on any atom is -0.309 e. The lowest BCUT2D eigenvalue weighted by atomic mass is 9.79. The van der Waals surface area contributed by atoms with Gasteiger partial charge in [-0.15, -0.1) is 0 Å². The van der Waals surface area contributed by atoms with Gasteiger partial charge < -0.3 is 9.13 Å². The first kappa shape index (κ1) is 57.5. The van der Waals surface area contributed by atoms with Crippen molar-refractivity contribution in [2.24, 2.45) is 0 Å². The molecule has 0 N–H and O–H groups in total. The Hall–Kier alpha value is -12.8. The summed E-state index contributed by atoms with van der Waals surface area (Å²) in [6, 6.07) is 109. The third-order valence-corrected chi connectivity index (χ3v) is 21.3. The highest BCUT2D eigenvalue weighted by atomic mass is 15.1. The molecule has 0 spiro atoms. The molecule has 8 nitrogen and oxygen atoms in total. The van der Waals surface area contributed by atoms with Crippen molar-refractivity contribution >= 4 is 65.2 Å². The van der Waals surface area contributed by atoms with Gasteiger partial charge in [0.25, 0.3) is 0 Å². The molecule has 0 fully saturated rings. The first-order chi connectivity index (χ1) is 49.1. The lowest BCUT2D eigenvalue weighted by molar-refractivity contribution is 0.666. The van der Waals surface area contributed by atoms with Gasteiger partial charge in [-0.25, -0.2) is 29.9 Å². The van der Waals surface area contributed by atoms with Crippen molar-refractivity contribution in [1.29, 1.82) is 0 Å². The number of nitrogens with zero attached hydrogens (tertiary/aromatic N) is 8. The molecule has 470 valence electrons. The van der Waals surface area contributed by atoms with E-state index >= 15 is 0 Å². The summed E-state index contributed by atoms with van der Waals surface area (Å²) in [5.74, 6) is 3.69. The number of fused-ring (bicyclic) bond motifs is 16. The topological polar surface area (TPSA) is 87.2 Å². The van der Waals surface area contributed by atoms with Gasteiger partial charge in [-0.05, 0) is 127 Å². The lowest BCUT2D eigenvalue weighted by Crippen LogP contribution is -2.15. The summed E-state index contributed by atoms with van der Waals surface area (Å²) in [5.41, 5.74) is 24.4. The fourth-order valence-corrected chi connectivity index (χ4v) is 16.8. The highest BCUT2D eigenvalue weighted by molar-refractivity contribution is 6.17. The first-order valence-electron chi connectivity index (χ1n) is 34.3. The largest absolute Gasteiger partial charge is 0.309 e. The Morgan fingerprint density at radius 2 is 0.650 bits per heavy atom. The van der Waals surface area contributed by atoms with E-state index in [9.17, 15) is 0 Å². The Labute approximate surface area is 577 Å². The van der Waals surface area contributed by atoms with Crippen molar-refractivity contribution < 1.29 is 0 Å². The molecule has 0 radical (unpaired) electrons. The Morgan fingerprint density at radius 3 is 1.26 bits per heavy atom. The van der Waals surface area contributed by atoms with Gasteiger partial charge in [0.05, 0.1) is 33.4 Å². The fourth-order valence-electron chi connectivity index (χ4n) is 16.8. The summed E-state index contributed by atoms with van der Waals surface area (Å²) >= 11 is 0. The molecule has 8 heteroatoms. The summed E-state index contributed by atoms with van der Waals surface area (Å²) < 4.78 is 4.94. The van der Waals surface area contributed by atoms with Gasteiger partial charge in [-0.2, -0.15) is 0 Å². The van der Waals surface area contributed by atoms with Crippen LogP contribution in [0.4, 0.5) is 0 Å². The van der Waals surface area contributed by atoms with Gasteiger partial charge in [0.2, 0.25) is 0 Å². The maximum atomic E-state index is 5.46. The van der Waals surface area contributed by atoms with Gasteiger partial charge in [0.15, 0.2) is 34.9 Å². The van der Waals surface area contributed by atoms with Crippen LogP contribution in [0, 0.1) is 0 Å². The van der Waals surface area contributed by atoms with Crippen LogP contribution in [0.15, 0.2) is 303 Å². The van der Waals surface area contributed by atoms with Crippen LogP contribution in [0.3, 0.4) is 0 Å². The first-order valence-corrected chi connectivity index (χ1v) is 34.3. The van der Waals surface area contributed by atoms with Crippen LogP contribution in [0.25, 0.3) is 178 Å². The van der Waals surface area contributed by atoms with E-state index < -0.39 is 0 Å². The molecule has 2 aliphatic rings. The van der Waals surface area contributed by atoms with Crippen molar-refractivity contribution in [3.63, 3.8) is 0 Å². The second-order valence-corrected chi connectivity index (χ2v) is 27.7. The van der Waals surface area contributed by atoms with E-state index in [0.29, 0.717) is 34.9 Å². The molecule has 0 unspecified atom stereocenters. The predicted molar refractivity (Wildman–Crippen MR) is 410 cm³/mol. The van der Waals surface area contributed by atoms with Crippen molar-refractivity contribution in [3.8, 4) is 113 Å². The van der Waals surface area contributed by atoms with Crippen LogP contribution < -0.4 is 0 Å². The highest BCUT2D eigenvalue weighted by Crippen LogP contribution is 2.56. The standard InChI is InChI=1S/C92H62N8/c1-91(2)73-40-21-18-36-65(73)68-45-49-78-81(83(68)91)71-38-19-22-41-75(71)99(78)77-48-47-70(64-35-16-17-37-67(64)77)90-97-87(57-29-12-7-13-30-57)94-88(98-90)61-33-24-32-58(51-61)59-43-44-66-69-46-50-79-82(84(69)92(3,4)74(66)53-59)72-39-20-23-42-76(72)100(79)80-54-62(52-60-31-14-15-34-63(60)80)89-95-85(55-25-8-5-9-26-55)93-86(96-89)56-27-10-6-11-28-56/h5-54H,1-4H3.